The molecule has 0 amide bonds. The Labute approximate surface area is 182 Å². The smallest absolute Gasteiger partial charge is 0.185 e. The van der Waals surface area contributed by atoms with E-state index in [1.54, 1.807) is 19.3 Å². The summed E-state index contributed by atoms with van der Waals surface area (Å²) in [6.07, 6.45) is 3.37. The van der Waals surface area contributed by atoms with Crippen LogP contribution in [0.15, 0.2) is 91.0 Å². The van der Waals surface area contributed by atoms with Gasteiger partial charge in [-0.25, -0.2) is 0 Å². The number of benzene rings is 4. The van der Waals surface area contributed by atoms with Crippen molar-refractivity contribution in [3.8, 4) is 11.5 Å². The van der Waals surface area contributed by atoms with Crippen LogP contribution in [-0.2, 0) is 6.61 Å². The standard InChI is InChI=1S/C28H24O3/c1-20-10-14-23(15-11-20)26(29)16-12-21-13-17-27(28(18-21)30-2)31-19-24-8-5-7-22-6-3-4-9-25(22)24/h3-18H,19H2,1-2H3/b16-12+. The second-order valence-corrected chi connectivity index (χ2v) is 7.40. The Bertz CT molecular complexity index is 1230. The molecule has 0 spiro atoms. The van der Waals surface area contributed by atoms with Crippen LogP contribution in [0, 0.1) is 6.92 Å². The van der Waals surface area contributed by atoms with E-state index in [1.807, 2.05) is 67.6 Å². The lowest BCUT2D eigenvalue weighted by molar-refractivity contribution is 0.104. The second kappa shape index (κ2) is 9.31. The van der Waals surface area contributed by atoms with Crippen LogP contribution in [0.4, 0.5) is 0 Å². The van der Waals surface area contributed by atoms with E-state index in [4.69, 9.17) is 9.47 Å². The molecule has 0 fully saturated rings. The zero-order valence-corrected chi connectivity index (χ0v) is 17.7. The first-order valence-corrected chi connectivity index (χ1v) is 10.2. The van der Waals surface area contributed by atoms with Crippen molar-refractivity contribution in [3.63, 3.8) is 0 Å². The first-order valence-electron chi connectivity index (χ1n) is 10.2. The molecule has 4 aromatic rings. The number of aryl methyl sites for hydroxylation is 1. The number of ether oxygens (including phenoxy) is 2. The van der Waals surface area contributed by atoms with E-state index >= 15 is 0 Å². The third kappa shape index (κ3) is 4.84. The highest BCUT2D eigenvalue weighted by atomic mass is 16.5. The number of ketones is 1. The second-order valence-electron chi connectivity index (χ2n) is 7.40. The Kier molecular flexibility index (Phi) is 6.13. The van der Waals surface area contributed by atoms with Gasteiger partial charge in [0.2, 0.25) is 0 Å². The molecule has 0 aliphatic rings. The van der Waals surface area contributed by atoms with E-state index in [0.29, 0.717) is 23.7 Å². The summed E-state index contributed by atoms with van der Waals surface area (Å²) in [6, 6.07) is 27.7. The molecule has 0 N–H and O–H groups in total. The molecule has 0 heterocycles. The fraction of sp³-hybridized carbons (Fsp3) is 0.107. The van der Waals surface area contributed by atoms with E-state index in [0.717, 1.165) is 16.7 Å². The van der Waals surface area contributed by atoms with Crippen LogP contribution in [0.1, 0.15) is 27.0 Å². The number of carbonyl (C=O) groups is 1. The fourth-order valence-corrected chi connectivity index (χ4v) is 3.47. The maximum absolute atomic E-state index is 12.4. The zero-order valence-electron chi connectivity index (χ0n) is 17.7. The van der Waals surface area contributed by atoms with Gasteiger partial charge in [0, 0.05) is 5.56 Å². The summed E-state index contributed by atoms with van der Waals surface area (Å²) >= 11 is 0. The van der Waals surface area contributed by atoms with Crippen LogP contribution < -0.4 is 9.47 Å². The number of allylic oxidation sites excluding steroid dienone is 1. The third-order valence-electron chi connectivity index (χ3n) is 5.21. The molecule has 0 aromatic heterocycles. The van der Waals surface area contributed by atoms with E-state index in [1.165, 1.54) is 10.8 Å². The molecule has 0 aliphatic heterocycles. The highest BCUT2D eigenvalue weighted by Crippen LogP contribution is 2.30. The maximum atomic E-state index is 12.4. The van der Waals surface area contributed by atoms with Crippen molar-refractivity contribution in [1.29, 1.82) is 0 Å². The summed E-state index contributed by atoms with van der Waals surface area (Å²) in [5, 5.41) is 2.37. The number of methoxy groups -OCH3 is 1. The highest BCUT2D eigenvalue weighted by Gasteiger charge is 2.08. The van der Waals surface area contributed by atoms with E-state index in [-0.39, 0.29) is 5.78 Å². The molecule has 31 heavy (non-hydrogen) atoms. The molecule has 0 atom stereocenters. The van der Waals surface area contributed by atoms with Crippen LogP contribution in [0.2, 0.25) is 0 Å². The number of hydrogen-bond donors (Lipinski definition) is 0. The van der Waals surface area contributed by atoms with E-state index in [9.17, 15) is 4.79 Å². The normalized spacial score (nSPS) is 11.0. The van der Waals surface area contributed by atoms with Crippen molar-refractivity contribution in [2.75, 3.05) is 7.11 Å². The lowest BCUT2D eigenvalue weighted by Gasteiger charge is -2.13. The molecular weight excluding hydrogens is 384 g/mol. The van der Waals surface area contributed by atoms with Gasteiger partial charge in [-0.05, 0) is 47.0 Å². The summed E-state index contributed by atoms with van der Waals surface area (Å²) in [5.74, 6) is 1.26. The van der Waals surface area contributed by atoms with Gasteiger partial charge in [-0.1, -0.05) is 84.4 Å². The Morgan fingerprint density at radius 2 is 1.65 bits per heavy atom. The zero-order chi connectivity index (χ0) is 21.6. The molecule has 0 radical (unpaired) electrons. The largest absolute Gasteiger partial charge is 0.493 e. The highest BCUT2D eigenvalue weighted by molar-refractivity contribution is 6.06. The van der Waals surface area contributed by atoms with Gasteiger partial charge in [0.05, 0.1) is 7.11 Å². The van der Waals surface area contributed by atoms with Gasteiger partial charge in [0.1, 0.15) is 6.61 Å². The van der Waals surface area contributed by atoms with Crippen LogP contribution >= 0.6 is 0 Å². The summed E-state index contributed by atoms with van der Waals surface area (Å²) in [6.45, 7) is 2.44. The predicted octanol–water partition coefficient (Wildman–Crippen LogP) is 6.63. The Hall–Kier alpha value is -3.85. The molecule has 0 bridgehead atoms. The van der Waals surface area contributed by atoms with Gasteiger partial charge in [0.25, 0.3) is 0 Å². The van der Waals surface area contributed by atoms with E-state index in [2.05, 4.69) is 24.3 Å². The monoisotopic (exact) mass is 408 g/mol. The minimum Gasteiger partial charge on any atom is -0.493 e. The molecular formula is C28H24O3. The van der Waals surface area contributed by atoms with Crippen LogP contribution in [0.3, 0.4) is 0 Å². The average molecular weight is 408 g/mol. The Balaban J connectivity index is 1.49. The van der Waals surface area contributed by atoms with Crippen LogP contribution in [0.25, 0.3) is 16.8 Å². The number of rotatable bonds is 7. The lowest BCUT2D eigenvalue weighted by Crippen LogP contribution is -1.99. The summed E-state index contributed by atoms with van der Waals surface area (Å²) in [4.78, 5) is 12.4. The van der Waals surface area contributed by atoms with Gasteiger partial charge in [0.15, 0.2) is 17.3 Å². The maximum Gasteiger partial charge on any atom is 0.185 e. The molecule has 3 nitrogen and oxygen atoms in total. The van der Waals surface area contributed by atoms with E-state index < -0.39 is 0 Å². The average Bonchev–Trinajstić information content (AvgIpc) is 2.81. The molecule has 154 valence electrons. The molecule has 3 heteroatoms. The van der Waals surface area contributed by atoms with Crippen molar-refractivity contribution in [2.45, 2.75) is 13.5 Å². The van der Waals surface area contributed by atoms with Crippen molar-refractivity contribution in [1.82, 2.24) is 0 Å². The summed E-state index contributed by atoms with van der Waals surface area (Å²) < 4.78 is 11.6. The molecule has 0 unspecified atom stereocenters. The van der Waals surface area contributed by atoms with Crippen molar-refractivity contribution >= 4 is 22.6 Å². The van der Waals surface area contributed by atoms with Gasteiger partial charge < -0.3 is 9.47 Å². The minimum absolute atomic E-state index is 0.0322. The minimum atomic E-state index is -0.0322. The molecule has 4 rings (SSSR count). The lowest BCUT2D eigenvalue weighted by atomic mass is 10.1. The van der Waals surface area contributed by atoms with Gasteiger partial charge >= 0.3 is 0 Å². The molecule has 4 aromatic carbocycles. The number of hydrogen-bond acceptors (Lipinski definition) is 3. The Morgan fingerprint density at radius 3 is 2.45 bits per heavy atom. The molecule has 0 saturated carbocycles. The summed E-state index contributed by atoms with van der Waals surface area (Å²) in [5.41, 5.74) is 3.79. The van der Waals surface area contributed by atoms with Crippen molar-refractivity contribution in [2.24, 2.45) is 0 Å². The predicted molar refractivity (Wildman–Crippen MR) is 126 cm³/mol. The first kappa shape index (κ1) is 20.4. The van der Waals surface area contributed by atoms with Gasteiger partial charge in [-0.15, -0.1) is 0 Å². The van der Waals surface area contributed by atoms with Crippen LogP contribution in [0.5, 0.6) is 11.5 Å². The van der Waals surface area contributed by atoms with Gasteiger partial charge in [-0.3, -0.25) is 4.79 Å². The number of carbonyl (C=O) groups excluding carboxylic acids is 1. The number of fused-ring (bicyclic) bond motifs is 1. The Morgan fingerprint density at radius 1 is 0.871 bits per heavy atom. The molecule has 0 saturated heterocycles. The van der Waals surface area contributed by atoms with Crippen LogP contribution in [-0.4, -0.2) is 12.9 Å². The van der Waals surface area contributed by atoms with Gasteiger partial charge in [-0.2, -0.15) is 0 Å². The van der Waals surface area contributed by atoms with Crippen molar-refractivity contribution < 1.29 is 14.3 Å². The molecule has 0 aliphatic carbocycles. The quantitative estimate of drug-likeness (QED) is 0.254. The topological polar surface area (TPSA) is 35.5 Å². The first-order chi connectivity index (χ1) is 15.1. The van der Waals surface area contributed by atoms with Crippen molar-refractivity contribution in [3.05, 3.63) is 113 Å². The summed E-state index contributed by atoms with van der Waals surface area (Å²) in [7, 11) is 1.62. The fourth-order valence-electron chi connectivity index (χ4n) is 3.47. The third-order valence-corrected chi connectivity index (χ3v) is 5.21. The SMILES string of the molecule is COc1cc(/C=C/C(=O)c2ccc(C)cc2)ccc1OCc1cccc2ccccc12.